The molecule has 0 unspecified atom stereocenters. The first-order chi connectivity index (χ1) is 11.1. The van der Waals surface area contributed by atoms with Crippen LogP contribution in [-0.2, 0) is 6.42 Å². The highest BCUT2D eigenvalue weighted by atomic mass is 16.3. The molecule has 23 heavy (non-hydrogen) atoms. The number of hydrogen-bond acceptors (Lipinski definition) is 3. The van der Waals surface area contributed by atoms with Crippen LogP contribution in [0.5, 0.6) is 11.5 Å². The third kappa shape index (κ3) is 3.29. The molecule has 0 saturated carbocycles. The molecule has 116 valence electrons. The molecule has 0 radical (unpaired) electrons. The Morgan fingerprint density at radius 2 is 1.17 bits per heavy atom. The molecule has 0 saturated heterocycles. The topological polar surface area (TPSA) is 66.5 Å². The van der Waals surface area contributed by atoms with Crippen molar-refractivity contribution < 1.29 is 10.2 Å². The molecule has 0 bridgehead atoms. The summed E-state index contributed by atoms with van der Waals surface area (Å²) in [7, 11) is 0. The molecule has 0 aliphatic heterocycles. The summed E-state index contributed by atoms with van der Waals surface area (Å²) in [5, 5.41) is 20.5. The van der Waals surface area contributed by atoms with Crippen molar-refractivity contribution in [1.82, 2.24) is 0 Å². The van der Waals surface area contributed by atoms with Crippen LogP contribution in [0.25, 0.3) is 0 Å². The van der Waals surface area contributed by atoms with Gasteiger partial charge in [0.15, 0.2) is 0 Å². The summed E-state index contributed by atoms with van der Waals surface area (Å²) < 4.78 is 0. The molecule has 3 rings (SSSR count). The number of phenols is 2. The van der Waals surface area contributed by atoms with E-state index in [0.29, 0.717) is 6.42 Å². The van der Waals surface area contributed by atoms with Crippen LogP contribution in [0.15, 0.2) is 72.8 Å². The Hall–Kier alpha value is -2.94. The average molecular weight is 305 g/mol. The van der Waals surface area contributed by atoms with Gasteiger partial charge < -0.3 is 15.9 Å². The van der Waals surface area contributed by atoms with E-state index in [4.69, 9.17) is 5.73 Å². The number of hydrogen-bond donors (Lipinski definition) is 3. The quantitative estimate of drug-likeness (QED) is 0.637. The van der Waals surface area contributed by atoms with Crippen molar-refractivity contribution >= 4 is 5.69 Å². The van der Waals surface area contributed by atoms with E-state index >= 15 is 0 Å². The minimum absolute atomic E-state index is 0.138. The maximum atomic E-state index is 10.3. The standard InChI is InChI=1S/C20H19NO2/c21-15-11-9-14(10-12-15)13-18(16-5-1-3-7-19(16)22)17-6-2-4-8-20(17)23/h1-12,18,22-23H,13,21H2. The highest BCUT2D eigenvalue weighted by molar-refractivity contribution is 5.48. The highest BCUT2D eigenvalue weighted by Crippen LogP contribution is 2.37. The van der Waals surface area contributed by atoms with Gasteiger partial charge in [-0.1, -0.05) is 48.5 Å². The molecule has 0 aliphatic rings. The molecule has 0 amide bonds. The molecule has 0 fully saturated rings. The second kappa shape index (κ2) is 6.44. The van der Waals surface area contributed by atoms with Crippen molar-refractivity contribution in [3.8, 4) is 11.5 Å². The summed E-state index contributed by atoms with van der Waals surface area (Å²) >= 11 is 0. The van der Waals surface area contributed by atoms with Crippen LogP contribution < -0.4 is 5.73 Å². The molecule has 3 heteroatoms. The Kier molecular flexibility index (Phi) is 4.20. The average Bonchev–Trinajstić information content (AvgIpc) is 2.56. The number of benzene rings is 3. The third-order valence-electron chi connectivity index (χ3n) is 4.04. The van der Waals surface area contributed by atoms with Crippen LogP contribution in [0.1, 0.15) is 22.6 Å². The van der Waals surface area contributed by atoms with Gasteiger partial charge in [0.05, 0.1) is 0 Å². The summed E-state index contributed by atoms with van der Waals surface area (Å²) in [6.45, 7) is 0. The van der Waals surface area contributed by atoms with Gasteiger partial charge in [-0.05, 0) is 36.2 Å². The minimum atomic E-state index is -0.138. The Bertz CT molecular complexity index is 751. The number of para-hydroxylation sites is 2. The molecule has 0 aliphatic carbocycles. The van der Waals surface area contributed by atoms with E-state index in [1.165, 1.54) is 0 Å². The van der Waals surface area contributed by atoms with Crippen molar-refractivity contribution in [3.05, 3.63) is 89.5 Å². The predicted molar refractivity (Wildman–Crippen MR) is 92.6 cm³/mol. The summed E-state index contributed by atoms with van der Waals surface area (Å²) in [6, 6.07) is 22.2. The van der Waals surface area contributed by atoms with E-state index in [1.807, 2.05) is 48.5 Å². The molecule has 3 aromatic rings. The first-order valence-electron chi connectivity index (χ1n) is 7.55. The smallest absolute Gasteiger partial charge is 0.119 e. The second-order valence-corrected chi connectivity index (χ2v) is 5.62. The van der Waals surface area contributed by atoms with Crippen LogP contribution >= 0.6 is 0 Å². The zero-order valence-corrected chi connectivity index (χ0v) is 12.7. The van der Waals surface area contributed by atoms with E-state index in [2.05, 4.69) is 0 Å². The van der Waals surface area contributed by atoms with Gasteiger partial charge in [0.1, 0.15) is 11.5 Å². The Labute approximate surface area is 135 Å². The fraction of sp³-hybridized carbons (Fsp3) is 0.100. The van der Waals surface area contributed by atoms with Crippen LogP contribution in [0.2, 0.25) is 0 Å². The monoisotopic (exact) mass is 305 g/mol. The lowest BCUT2D eigenvalue weighted by molar-refractivity contribution is 0.454. The molecule has 4 N–H and O–H groups in total. The van der Waals surface area contributed by atoms with E-state index in [1.54, 1.807) is 24.3 Å². The van der Waals surface area contributed by atoms with E-state index in [9.17, 15) is 10.2 Å². The Balaban J connectivity index is 2.05. The molecular formula is C20H19NO2. The highest BCUT2D eigenvalue weighted by Gasteiger charge is 2.20. The molecule has 0 spiro atoms. The Morgan fingerprint density at radius 3 is 1.65 bits per heavy atom. The van der Waals surface area contributed by atoms with Crippen LogP contribution in [0, 0.1) is 0 Å². The molecule has 0 heterocycles. The first-order valence-corrected chi connectivity index (χ1v) is 7.55. The van der Waals surface area contributed by atoms with Crippen molar-refractivity contribution in [2.75, 3.05) is 5.73 Å². The van der Waals surface area contributed by atoms with Gasteiger partial charge in [0, 0.05) is 22.7 Å². The fourth-order valence-corrected chi connectivity index (χ4v) is 2.84. The van der Waals surface area contributed by atoms with Gasteiger partial charge in [0.2, 0.25) is 0 Å². The van der Waals surface area contributed by atoms with Gasteiger partial charge in [-0.15, -0.1) is 0 Å². The fourth-order valence-electron chi connectivity index (χ4n) is 2.84. The summed E-state index contributed by atoms with van der Waals surface area (Å²) in [5.74, 6) is 0.327. The molecule has 3 aromatic carbocycles. The van der Waals surface area contributed by atoms with Crippen molar-refractivity contribution in [1.29, 1.82) is 0 Å². The third-order valence-corrected chi connectivity index (χ3v) is 4.04. The lowest BCUT2D eigenvalue weighted by Crippen LogP contribution is -2.06. The van der Waals surface area contributed by atoms with Gasteiger partial charge in [0.25, 0.3) is 0 Å². The maximum Gasteiger partial charge on any atom is 0.119 e. The minimum Gasteiger partial charge on any atom is -0.508 e. The molecule has 0 aromatic heterocycles. The summed E-state index contributed by atoms with van der Waals surface area (Å²) in [5.41, 5.74) is 9.15. The number of phenolic OH excluding ortho intramolecular Hbond substituents is 2. The van der Waals surface area contributed by atoms with E-state index in [0.717, 1.165) is 22.4 Å². The number of anilines is 1. The molecular weight excluding hydrogens is 286 g/mol. The summed E-state index contributed by atoms with van der Waals surface area (Å²) in [4.78, 5) is 0. The largest absolute Gasteiger partial charge is 0.508 e. The number of aromatic hydroxyl groups is 2. The normalized spacial score (nSPS) is 10.8. The van der Waals surface area contributed by atoms with Gasteiger partial charge >= 0.3 is 0 Å². The lowest BCUT2D eigenvalue weighted by atomic mass is 9.85. The molecule has 3 nitrogen and oxygen atoms in total. The number of nitrogen functional groups attached to an aromatic ring is 1. The van der Waals surface area contributed by atoms with E-state index in [-0.39, 0.29) is 17.4 Å². The van der Waals surface area contributed by atoms with E-state index < -0.39 is 0 Å². The number of nitrogens with two attached hydrogens (primary N) is 1. The zero-order chi connectivity index (χ0) is 16.2. The predicted octanol–water partition coefficient (Wildman–Crippen LogP) is 4.05. The van der Waals surface area contributed by atoms with Crippen molar-refractivity contribution in [2.45, 2.75) is 12.3 Å². The maximum absolute atomic E-state index is 10.3. The lowest BCUT2D eigenvalue weighted by Gasteiger charge is -2.20. The number of rotatable bonds is 4. The van der Waals surface area contributed by atoms with Crippen LogP contribution in [0.3, 0.4) is 0 Å². The molecule has 0 atom stereocenters. The van der Waals surface area contributed by atoms with Gasteiger partial charge in [-0.3, -0.25) is 0 Å². The zero-order valence-electron chi connectivity index (χ0n) is 12.7. The van der Waals surface area contributed by atoms with Crippen molar-refractivity contribution in [3.63, 3.8) is 0 Å². The van der Waals surface area contributed by atoms with Crippen LogP contribution in [-0.4, -0.2) is 10.2 Å². The summed E-state index contributed by atoms with van der Waals surface area (Å²) in [6.07, 6.45) is 0.662. The SMILES string of the molecule is Nc1ccc(CC(c2ccccc2O)c2ccccc2O)cc1. The van der Waals surface area contributed by atoms with Gasteiger partial charge in [-0.2, -0.15) is 0 Å². The first kappa shape index (κ1) is 15.0. The van der Waals surface area contributed by atoms with Gasteiger partial charge in [-0.25, -0.2) is 0 Å². The van der Waals surface area contributed by atoms with Crippen molar-refractivity contribution in [2.24, 2.45) is 0 Å². The van der Waals surface area contributed by atoms with Crippen LogP contribution in [0.4, 0.5) is 5.69 Å². The Morgan fingerprint density at radius 1 is 0.696 bits per heavy atom. The second-order valence-electron chi connectivity index (χ2n) is 5.62.